The molecule has 1 aromatic carbocycles. The van der Waals surface area contributed by atoms with Crippen LogP contribution < -0.4 is 4.74 Å². The van der Waals surface area contributed by atoms with E-state index in [1.54, 1.807) is 11.8 Å². The molecule has 0 aromatic heterocycles. The lowest BCUT2D eigenvalue weighted by molar-refractivity contribution is -0.149. The van der Waals surface area contributed by atoms with Gasteiger partial charge in [0.2, 0.25) is 0 Å². The van der Waals surface area contributed by atoms with Gasteiger partial charge in [-0.2, -0.15) is 0 Å². The van der Waals surface area contributed by atoms with Crippen LogP contribution in [0.5, 0.6) is 5.75 Å². The molecule has 1 heterocycles. The highest BCUT2D eigenvalue weighted by Gasteiger charge is 2.35. The summed E-state index contributed by atoms with van der Waals surface area (Å²) >= 11 is 0. The average Bonchev–Trinajstić information content (AvgIpc) is 2.53. The Morgan fingerprint density at radius 2 is 2.00 bits per heavy atom. The first kappa shape index (κ1) is 16.3. The molecular weight excluding hydrogens is 282 g/mol. The Morgan fingerprint density at radius 1 is 1.32 bits per heavy atom. The number of piperidine rings is 1. The summed E-state index contributed by atoms with van der Waals surface area (Å²) < 4.78 is 5.53. The highest BCUT2D eigenvalue weighted by molar-refractivity contribution is 5.80. The van der Waals surface area contributed by atoms with Crippen LogP contribution in [-0.4, -0.2) is 41.1 Å². The van der Waals surface area contributed by atoms with Gasteiger partial charge < -0.3 is 14.7 Å². The minimum atomic E-state index is -0.832. The number of aliphatic carboxylic acids is 1. The highest BCUT2D eigenvalue weighted by atomic mass is 16.5. The van der Waals surface area contributed by atoms with Crippen molar-refractivity contribution in [2.75, 3.05) is 13.2 Å². The minimum absolute atomic E-state index is 0.0534. The van der Waals surface area contributed by atoms with Crippen LogP contribution >= 0.6 is 0 Å². The zero-order valence-electron chi connectivity index (χ0n) is 13.1. The number of nitrogens with zero attached hydrogens (tertiary/aromatic N) is 1. The molecule has 1 N–H and O–H groups in total. The lowest BCUT2D eigenvalue weighted by atomic mass is 9.90. The SMILES string of the molecule is CCc1ccc(OCC(=O)N2CCC[C@H](C(=O)O)[C@@H]2C)cc1. The fourth-order valence-corrected chi connectivity index (χ4v) is 2.87. The number of hydrogen-bond acceptors (Lipinski definition) is 3. The van der Waals surface area contributed by atoms with Crippen LogP contribution in [0.3, 0.4) is 0 Å². The second-order valence-electron chi connectivity index (χ2n) is 5.70. The average molecular weight is 305 g/mol. The molecule has 0 bridgehead atoms. The van der Waals surface area contributed by atoms with Gasteiger partial charge in [0.05, 0.1) is 5.92 Å². The summed E-state index contributed by atoms with van der Waals surface area (Å²) in [6, 6.07) is 7.37. The van der Waals surface area contributed by atoms with Gasteiger partial charge in [-0.25, -0.2) is 0 Å². The largest absolute Gasteiger partial charge is 0.484 e. The van der Waals surface area contributed by atoms with Crippen LogP contribution in [-0.2, 0) is 16.0 Å². The maximum absolute atomic E-state index is 12.3. The summed E-state index contributed by atoms with van der Waals surface area (Å²) in [6.07, 6.45) is 2.30. The summed E-state index contributed by atoms with van der Waals surface area (Å²) in [4.78, 5) is 25.1. The number of carbonyl (C=O) groups excluding carboxylic acids is 1. The molecular formula is C17H23NO4. The van der Waals surface area contributed by atoms with E-state index in [9.17, 15) is 14.7 Å². The molecule has 0 radical (unpaired) electrons. The molecule has 0 spiro atoms. The maximum atomic E-state index is 12.3. The van der Waals surface area contributed by atoms with Gasteiger partial charge in [0.15, 0.2) is 6.61 Å². The van der Waals surface area contributed by atoms with Gasteiger partial charge in [0.25, 0.3) is 5.91 Å². The van der Waals surface area contributed by atoms with Crippen LogP contribution in [0.15, 0.2) is 24.3 Å². The molecule has 1 aromatic rings. The molecule has 1 aliphatic heterocycles. The van der Waals surface area contributed by atoms with Gasteiger partial charge in [0, 0.05) is 12.6 Å². The minimum Gasteiger partial charge on any atom is -0.484 e. The summed E-state index contributed by atoms with van der Waals surface area (Å²) in [7, 11) is 0. The number of carboxylic acid groups (broad SMARTS) is 1. The van der Waals surface area contributed by atoms with E-state index in [4.69, 9.17) is 4.74 Å². The molecule has 1 amide bonds. The van der Waals surface area contributed by atoms with Gasteiger partial charge in [-0.15, -0.1) is 0 Å². The molecule has 0 saturated carbocycles. The number of ether oxygens (including phenoxy) is 1. The smallest absolute Gasteiger partial charge is 0.308 e. The number of carboxylic acids is 1. The molecule has 0 aliphatic carbocycles. The predicted octanol–water partition coefficient (Wildman–Crippen LogP) is 2.34. The normalized spacial score (nSPS) is 21.5. The number of amides is 1. The third kappa shape index (κ3) is 3.78. The molecule has 0 unspecified atom stereocenters. The number of hydrogen-bond donors (Lipinski definition) is 1. The fraction of sp³-hybridized carbons (Fsp3) is 0.529. The van der Waals surface area contributed by atoms with Crippen molar-refractivity contribution in [3.63, 3.8) is 0 Å². The zero-order chi connectivity index (χ0) is 16.1. The van der Waals surface area contributed by atoms with E-state index in [0.717, 1.165) is 12.8 Å². The summed E-state index contributed by atoms with van der Waals surface area (Å²) in [5.41, 5.74) is 1.22. The van der Waals surface area contributed by atoms with Crippen LogP contribution in [0.2, 0.25) is 0 Å². The topological polar surface area (TPSA) is 66.8 Å². The molecule has 1 aliphatic rings. The van der Waals surface area contributed by atoms with Crippen molar-refractivity contribution in [3.05, 3.63) is 29.8 Å². The van der Waals surface area contributed by atoms with Crippen molar-refractivity contribution in [3.8, 4) is 5.75 Å². The van der Waals surface area contributed by atoms with Gasteiger partial charge in [-0.05, 0) is 43.9 Å². The molecule has 22 heavy (non-hydrogen) atoms. The molecule has 1 saturated heterocycles. The number of likely N-dealkylation sites (tertiary alicyclic amines) is 1. The Labute approximate surface area is 130 Å². The van der Waals surface area contributed by atoms with Crippen molar-refractivity contribution in [2.45, 2.75) is 39.2 Å². The molecule has 120 valence electrons. The Morgan fingerprint density at radius 3 is 2.59 bits per heavy atom. The molecule has 5 heteroatoms. The number of aryl methyl sites for hydroxylation is 1. The van der Waals surface area contributed by atoms with Crippen molar-refractivity contribution in [1.29, 1.82) is 0 Å². The Kier molecular flexibility index (Phi) is 5.41. The van der Waals surface area contributed by atoms with Crippen LogP contribution in [0.4, 0.5) is 0 Å². The van der Waals surface area contributed by atoms with Gasteiger partial charge >= 0.3 is 5.97 Å². The second-order valence-corrected chi connectivity index (χ2v) is 5.70. The van der Waals surface area contributed by atoms with E-state index >= 15 is 0 Å². The van der Waals surface area contributed by atoms with Crippen molar-refractivity contribution in [1.82, 2.24) is 4.90 Å². The first-order chi connectivity index (χ1) is 10.5. The highest BCUT2D eigenvalue weighted by Crippen LogP contribution is 2.24. The zero-order valence-corrected chi connectivity index (χ0v) is 13.1. The third-order valence-electron chi connectivity index (χ3n) is 4.32. The van der Waals surface area contributed by atoms with E-state index in [1.165, 1.54) is 5.56 Å². The standard InChI is InChI=1S/C17H23NO4/c1-3-13-6-8-14(9-7-13)22-11-16(19)18-10-4-5-15(12(18)2)17(20)21/h6-9,12,15H,3-5,10-11H2,1-2H3,(H,20,21)/t12-,15-/m0/s1. The number of benzene rings is 1. The van der Waals surface area contributed by atoms with Crippen LogP contribution in [0.1, 0.15) is 32.3 Å². The van der Waals surface area contributed by atoms with E-state index in [-0.39, 0.29) is 18.6 Å². The number of rotatable bonds is 5. The first-order valence-electron chi connectivity index (χ1n) is 7.77. The lowest BCUT2D eigenvalue weighted by Gasteiger charge is -2.37. The van der Waals surface area contributed by atoms with Gasteiger partial charge in [0.1, 0.15) is 5.75 Å². The van der Waals surface area contributed by atoms with Crippen LogP contribution in [0, 0.1) is 5.92 Å². The molecule has 5 nitrogen and oxygen atoms in total. The van der Waals surface area contributed by atoms with E-state index < -0.39 is 11.9 Å². The Balaban J connectivity index is 1.92. The Bertz CT molecular complexity index is 526. The van der Waals surface area contributed by atoms with Crippen molar-refractivity contribution < 1.29 is 19.4 Å². The van der Waals surface area contributed by atoms with Crippen molar-refractivity contribution >= 4 is 11.9 Å². The lowest BCUT2D eigenvalue weighted by Crippen LogP contribution is -2.50. The monoisotopic (exact) mass is 305 g/mol. The first-order valence-corrected chi connectivity index (χ1v) is 7.77. The quantitative estimate of drug-likeness (QED) is 0.906. The van der Waals surface area contributed by atoms with E-state index in [0.29, 0.717) is 18.7 Å². The molecule has 2 atom stereocenters. The molecule has 2 rings (SSSR count). The number of carbonyl (C=O) groups is 2. The third-order valence-corrected chi connectivity index (χ3v) is 4.32. The van der Waals surface area contributed by atoms with Gasteiger partial charge in [-0.3, -0.25) is 9.59 Å². The summed E-state index contributed by atoms with van der Waals surface area (Å²) in [6.45, 7) is 4.42. The Hall–Kier alpha value is -2.04. The summed E-state index contributed by atoms with van der Waals surface area (Å²) in [5.74, 6) is -0.814. The fourth-order valence-electron chi connectivity index (χ4n) is 2.87. The second kappa shape index (κ2) is 7.29. The summed E-state index contributed by atoms with van der Waals surface area (Å²) in [5, 5.41) is 9.20. The van der Waals surface area contributed by atoms with E-state index in [1.807, 2.05) is 24.3 Å². The van der Waals surface area contributed by atoms with E-state index in [2.05, 4.69) is 6.92 Å². The molecule has 1 fully saturated rings. The maximum Gasteiger partial charge on any atom is 0.308 e. The van der Waals surface area contributed by atoms with Gasteiger partial charge in [-0.1, -0.05) is 19.1 Å². The van der Waals surface area contributed by atoms with Crippen molar-refractivity contribution in [2.24, 2.45) is 5.92 Å². The van der Waals surface area contributed by atoms with Crippen LogP contribution in [0.25, 0.3) is 0 Å². The predicted molar refractivity (Wildman–Crippen MR) is 82.8 cm³/mol.